The fourth-order valence-corrected chi connectivity index (χ4v) is 2.55. The predicted octanol–water partition coefficient (Wildman–Crippen LogP) is 3.88. The summed E-state index contributed by atoms with van der Waals surface area (Å²) in [4.78, 5) is 11.7. The van der Waals surface area contributed by atoms with E-state index in [4.69, 9.17) is 33.3 Å². The first-order chi connectivity index (χ1) is 12.0. The molecule has 0 spiro atoms. The van der Waals surface area contributed by atoms with Crippen molar-refractivity contribution in [2.75, 3.05) is 19.0 Å². The van der Waals surface area contributed by atoms with Crippen molar-refractivity contribution < 1.29 is 14.3 Å². The fourth-order valence-electron chi connectivity index (χ4n) is 2.04. The molecule has 0 radical (unpaired) electrons. The van der Waals surface area contributed by atoms with E-state index in [0.717, 1.165) is 5.75 Å². The van der Waals surface area contributed by atoms with Gasteiger partial charge in [0.05, 0.1) is 23.7 Å². The van der Waals surface area contributed by atoms with Crippen LogP contribution in [0.25, 0.3) is 0 Å². The molecule has 132 valence electrons. The van der Waals surface area contributed by atoms with Crippen LogP contribution in [0.5, 0.6) is 5.75 Å². The number of benzene rings is 2. The van der Waals surface area contributed by atoms with E-state index in [1.165, 1.54) is 7.11 Å². The van der Waals surface area contributed by atoms with Crippen molar-refractivity contribution in [2.24, 2.45) is 0 Å². The number of hydrogen-bond donors (Lipinski definition) is 2. The SMILES string of the molecule is COC(=O)c1cc(NC(=S)N[C@@H](C)COc2ccccc2)ccc1Cl. The van der Waals surface area contributed by atoms with Gasteiger partial charge in [-0.05, 0) is 49.5 Å². The normalized spacial score (nSPS) is 11.3. The van der Waals surface area contributed by atoms with Gasteiger partial charge in [-0.1, -0.05) is 29.8 Å². The smallest absolute Gasteiger partial charge is 0.339 e. The predicted molar refractivity (Wildman–Crippen MR) is 104 cm³/mol. The van der Waals surface area contributed by atoms with Crippen LogP contribution < -0.4 is 15.4 Å². The summed E-state index contributed by atoms with van der Waals surface area (Å²) in [6.07, 6.45) is 0. The standard InChI is InChI=1S/C18H19ClN2O3S/c1-12(11-24-14-6-4-3-5-7-14)20-18(25)21-13-8-9-16(19)15(10-13)17(22)23-2/h3-10,12H,11H2,1-2H3,(H2,20,21,25)/t12-/m0/s1. The lowest BCUT2D eigenvalue weighted by molar-refractivity contribution is 0.0601. The number of esters is 1. The molecule has 0 heterocycles. The zero-order valence-corrected chi connectivity index (χ0v) is 15.5. The highest BCUT2D eigenvalue weighted by atomic mass is 35.5. The first-order valence-electron chi connectivity index (χ1n) is 7.63. The van der Waals surface area contributed by atoms with E-state index in [0.29, 0.717) is 22.4 Å². The van der Waals surface area contributed by atoms with Gasteiger partial charge in [-0.25, -0.2) is 4.79 Å². The van der Waals surface area contributed by atoms with Gasteiger partial charge in [-0.15, -0.1) is 0 Å². The van der Waals surface area contributed by atoms with Crippen molar-refractivity contribution in [1.82, 2.24) is 5.32 Å². The number of halogens is 1. The number of hydrogen-bond acceptors (Lipinski definition) is 4. The summed E-state index contributed by atoms with van der Waals surface area (Å²) in [5.41, 5.74) is 0.913. The molecule has 0 fully saturated rings. The van der Waals surface area contributed by atoms with E-state index in [1.54, 1.807) is 18.2 Å². The number of thiocarbonyl (C=S) groups is 1. The highest BCUT2D eigenvalue weighted by molar-refractivity contribution is 7.80. The molecule has 25 heavy (non-hydrogen) atoms. The van der Waals surface area contributed by atoms with E-state index in [-0.39, 0.29) is 11.6 Å². The molecule has 2 aromatic rings. The third kappa shape index (κ3) is 5.92. The van der Waals surface area contributed by atoms with Crippen LogP contribution >= 0.6 is 23.8 Å². The number of carbonyl (C=O) groups excluding carboxylic acids is 1. The van der Waals surface area contributed by atoms with Crippen molar-refractivity contribution in [1.29, 1.82) is 0 Å². The molecule has 2 aromatic carbocycles. The van der Waals surface area contributed by atoms with Crippen molar-refractivity contribution in [3.8, 4) is 5.75 Å². The van der Waals surface area contributed by atoms with Crippen LogP contribution in [0.2, 0.25) is 5.02 Å². The first-order valence-corrected chi connectivity index (χ1v) is 8.41. The monoisotopic (exact) mass is 378 g/mol. The molecule has 0 saturated heterocycles. The first kappa shape index (κ1) is 19.0. The minimum absolute atomic E-state index is 0.00687. The van der Waals surface area contributed by atoms with Crippen molar-refractivity contribution in [3.05, 3.63) is 59.1 Å². The van der Waals surface area contributed by atoms with Crippen LogP contribution in [0.1, 0.15) is 17.3 Å². The van der Waals surface area contributed by atoms with Gasteiger partial charge >= 0.3 is 5.97 Å². The van der Waals surface area contributed by atoms with E-state index in [2.05, 4.69) is 10.6 Å². The van der Waals surface area contributed by atoms with Crippen molar-refractivity contribution >= 4 is 40.6 Å². The van der Waals surface area contributed by atoms with Crippen LogP contribution in [-0.2, 0) is 4.74 Å². The molecule has 0 saturated carbocycles. The van der Waals surface area contributed by atoms with Crippen LogP contribution in [-0.4, -0.2) is 30.8 Å². The second kappa shape index (κ2) is 9.25. The maximum absolute atomic E-state index is 11.7. The number of rotatable bonds is 6. The van der Waals surface area contributed by atoms with Gasteiger partial charge in [0.15, 0.2) is 5.11 Å². The summed E-state index contributed by atoms with van der Waals surface area (Å²) in [6, 6.07) is 14.5. The summed E-state index contributed by atoms with van der Waals surface area (Å²) in [7, 11) is 1.30. The maximum atomic E-state index is 11.7. The van der Waals surface area contributed by atoms with Crippen LogP contribution in [0.4, 0.5) is 5.69 Å². The molecule has 0 aliphatic heterocycles. The Bertz CT molecular complexity index is 740. The molecular weight excluding hydrogens is 360 g/mol. The largest absolute Gasteiger partial charge is 0.491 e. The van der Waals surface area contributed by atoms with E-state index >= 15 is 0 Å². The van der Waals surface area contributed by atoms with E-state index < -0.39 is 5.97 Å². The lowest BCUT2D eigenvalue weighted by Gasteiger charge is -2.18. The second-order valence-corrected chi connectivity index (χ2v) is 6.13. The quantitative estimate of drug-likeness (QED) is 0.587. The fraction of sp³-hybridized carbons (Fsp3) is 0.222. The zero-order valence-electron chi connectivity index (χ0n) is 13.9. The molecule has 0 aliphatic carbocycles. The summed E-state index contributed by atoms with van der Waals surface area (Å²) in [5, 5.41) is 6.88. The third-order valence-electron chi connectivity index (χ3n) is 3.25. The minimum atomic E-state index is -0.503. The average molecular weight is 379 g/mol. The van der Waals surface area contributed by atoms with Gasteiger partial charge < -0.3 is 20.1 Å². The summed E-state index contributed by atoms with van der Waals surface area (Å²) in [5.74, 6) is 0.299. The lowest BCUT2D eigenvalue weighted by atomic mass is 10.2. The van der Waals surface area contributed by atoms with Gasteiger partial charge in [0, 0.05) is 5.69 Å². The van der Waals surface area contributed by atoms with Gasteiger partial charge in [-0.2, -0.15) is 0 Å². The Morgan fingerprint density at radius 3 is 2.64 bits per heavy atom. The van der Waals surface area contributed by atoms with Crippen LogP contribution in [0, 0.1) is 0 Å². The van der Waals surface area contributed by atoms with Gasteiger partial charge in [0.2, 0.25) is 0 Å². The summed E-state index contributed by atoms with van der Waals surface area (Å²) < 4.78 is 10.4. The lowest BCUT2D eigenvalue weighted by Crippen LogP contribution is -2.39. The second-order valence-electron chi connectivity index (χ2n) is 5.31. The highest BCUT2D eigenvalue weighted by Gasteiger charge is 2.12. The summed E-state index contributed by atoms with van der Waals surface area (Å²) >= 11 is 11.3. The molecule has 2 N–H and O–H groups in total. The topological polar surface area (TPSA) is 59.6 Å². The van der Waals surface area contributed by atoms with E-state index in [9.17, 15) is 4.79 Å². The highest BCUT2D eigenvalue weighted by Crippen LogP contribution is 2.21. The van der Waals surface area contributed by atoms with Crippen molar-refractivity contribution in [3.63, 3.8) is 0 Å². The van der Waals surface area contributed by atoms with Crippen LogP contribution in [0.3, 0.4) is 0 Å². The number of nitrogens with one attached hydrogen (secondary N) is 2. The van der Waals surface area contributed by atoms with Gasteiger partial charge in [0.1, 0.15) is 12.4 Å². The molecular formula is C18H19ClN2O3S. The van der Waals surface area contributed by atoms with Gasteiger partial charge in [0.25, 0.3) is 0 Å². The molecule has 0 aromatic heterocycles. The number of anilines is 1. The number of ether oxygens (including phenoxy) is 2. The molecule has 5 nitrogen and oxygen atoms in total. The Morgan fingerprint density at radius 2 is 1.96 bits per heavy atom. The molecule has 0 aliphatic rings. The van der Waals surface area contributed by atoms with Gasteiger partial charge in [-0.3, -0.25) is 0 Å². The Hall–Kier alpha value is -2.31. The Balaban J connectivity index is 1.88. The van der Waals surface area contributed by atoms with E-state index in [1.807, 2.05) is 37.3 Å². The van der Waals surface area contributed by atoms with Crippen LogP contribution in [0.15, 0.2) is 48.5 Å². The molecule has 2 rings (SSSR count). The maximum Gasteiger partial charge on any atom is 0.339 e. The number of carbonyl (C=O) groups is 1. The number of methoxy groups -OCH3 is 1. The molecule has 1 atom stereocenters. The Morgan fingerprint density at radius 1 is 1.24 bits per heavy atom. The average Bonchev–Trinajstić information content (AvgIpc) is 2.61. The third-order valence-corrected chi connectivity index (χ3v) is 3.80. The molecule has 7 heteroatoms. The zero-order chi connectivity index (χ0) is 18.2. The molecule has 0 bridgehead atoms. The molecule has 0 unspecified atom stereocenters. The summed E-state index contributed by atoms with van der Waals surface area (Å²) in [6.45, 7) is 2.42. The molecule has 0 amide bonds. The minimum Gasteiger partial charge on any atom is -0.491 e. The number of para-hydroxylation sites is 1. The Labute approximate surface area is 157 Å². The Kier molecular flexibility index (Phi) is 7.03. The van der Waals surface area contributed by atoms with Crippen molar-refractivity contribution in [2.45, 2.75) is 13.0 Å².